The van der Waals surface area contributed by atoms with Crippen LogP contribution in [0.3, 0.4) is 0 Å². The van der Waals surface area contributed by atoms with Crippen molar-refractivity contribution in [2.75, 3.05) is 12.4 Å². The number of phenolic OH excluding ortho intramolecular Hbond substituents is 1. The summed E-state index contributed by atoms with van der Waals surface area (Å²) in [6.07, 6.45) is 0. The number of hydrogen-bond acceptors (Lipinski definition) is 4. The largest absolute Gasteiger partial charge is 0.508 e. The summed E-state index contributed by atoms with van der Waals surface area (Å²) in [6.45, 7) is 0. The van der Waals surface area contributed by atoms with Crippen LogP contribution in [0.4, 0.5) is 5.95 Å². The van der Waals surface area contributed by atoms with Gasteiger partial charge in [0.2, 0.25) is 5.95 Å². The number of benzene rings is 1. The van der Waals surface area contributed by atoms with Gasteiger partial charge in [-0.1, -0.05) is 11.6 Å². The van der Waals surface area contributed by atoms with Crippen molar-refractivity contribution in [2.24, 2.45) is 7.05 Å². The lowest BCUT2D eigenvalue weighted by Gasteiger charge is -2.05. The molecule has 0 aliphatic rings. The zero-order valence-corrected chi connectivity index (χ0v) is 9.65. The number of hydrogen-bond donors (Lipinski definition) is 2. The molecule has 2 rings (SSSR count). The Bertz CT molecular complexity index is 524. The highest BCUT2D eigenvalue weighted by Crippen LogP contribution is 2.30. The van der Waals surface area contributed by atoms with E-state index in [-0.39, 0.29) is 5.75 Å². The Kier molecular flexibility index (Phi) is 2.70. The van der Waals surface area contributed by atoms with Crippen molar-refractivity contribution < 1.29 is 5.11 Å². The minimum Gasteiger partial charge on any atom is -0.508 e. The van der Waals surface area contributed by atoms with Gasteiger partial charge in [-0.05, 0) is 18.2 Å². The normalized spacial score (nSPS) is 10.4. The summed E-state index contributed by atoms with van der Waals surface area (Å²) in [5, 5.41) is 20.8. The van der Waals surface area contributed by atoms with Crippen LogP contribution in [-0.2, 0) is 7.05 Å². The summed E-state index contributed by atoms with van der Waals surface area (Å²) >= 11 is 6.04. The Morgan fingerprint density at radius 3 is 2.75 bits per heavy atom. The molecule has 0 radical (unpaired) electrons. The number of nitrogens with zero attached hydrogens (tertiary/aromatic N) is 3. The molecular weight excluding hydrogens is 228 g/mol. The Morgan fingerprint density at radius 1 is 1.38 bits per heavy atom. The van der Waals surface area contributed by atoms with Gasteiger partial charge in [-0.2, -0.15) is 0 Å². The first-order chi connectivity index (χ1) is 7.63. The maximum Gasteiger partial charge on any atom is 0.224 e. The van der Waals surface area contributed by atoms with E-state index in [0.29, 0.717) is 22.4 Å². The predicted molar refractivity (Wildman–Crippen MR) is 62.7 cm³/mol. The molecule has 0 saturated carbocycles. The van der Waals surface area contributed by atoms with Crippen LogP contribution in [0, 0.1) is 0 Å². The van der Waals surface area contributed by atoms with Crippen LogP contribution in [0.2, 0.25) is 5.02 Å². The number of aromatic nitrogens is 3. The molecule has 0 atom stereocenters. The van der Waals surface area contributed by atoms with Gasteiger partial charge in [-0.25, -0.2) is 0 Å². The molecule has 0 aliphatic carbocycles. The van der Waals surface area contributed by atoms with Crippen molar-refractivity contribution >= 4 is 17.5 Å². The van der Waals surface area contributed by atoms with Crippen molar-refractivity contribution in [3.63, 3.8) is 0 Å². The minimum atomic E-state index is 0.147. The SMILES string of the molecule is CNc1nnc(-c2cc(O)ccc2Cl)n1C. The highest BCUT2D eigenvalue weighted by Gasteiger charge is 2.13. The lowest BCUT2D eigenvalue weighted by atomic mass is 10.2. The molecule has 6 heteroatoms. The molecule has 16 heavy (non-hydrogen) atoms. The van der Waals surface area contributed by atoms with Gasteiger partial charge in [0.15, 0.2) is 5.82 Å². The van der Waals surface area contributed by atoms with Crippen molar-refractivity contribution in [3.05, 3.63) is 23.2 Å². The standard InChI is InChI=1S/C10H11ClN4O/c1-12-10-14-13-9(15(10)2)7-5-6(16)3-4-8(7)11/h3-5,16H,1-2H3,(H,12,14). The Hall–Kier alpha value is -1.75. The van der Waals surface area contributed by atoms with E-state index in [1.54, 1.807) is 23.7 Å². The molecule has 2 aromatic rings. The Balaban J connectivity index is 2.58. The predicted octanol–water partition coefficient (Wildman–Crippen LogP) is 1.88. The topological polar surface area (TPSA) is 63.0 Å². The van der Waals surface area contributed by atoms with Crippen molar-refractivity contribution in [1.82, 2.24) is 14.8 Å². The Labute approximate surface area is 97.7 Å². The second kappa shape index (κ2) is 4.02. The van der Waals surface area contributed by atoms with E-state index in [1.165, 1.54) is 6.07 Å². The maximum absolute atomic E-state index is 9.42. The third-order valence-corrected chi connectivity index (χ3v) is 2.62. The fourth-order valence-electron chi connectivity index (χ4n) is 1.47. The summed E-state index contributed by atoms with van der Waals surface area (Å²) in [6, 6.07) is 4.72. The number of anilines is 1. The first kappa shape index (κ1) is 10.8. The number of halogens is 1. The second-order valence-corrected chi connectivity index (χ2v) is 3.73. The molecule has 0 fully saturated rings. The average molecular weight is 239 g/mol. The van der Waals surface area contributed by atoms with E-state index in [9.17, 15) is 5.11 Å². The summed E-state index contributed by atoms with van der Waals surface area (Å²) in [4.78, 5) is 0. The molecule has 0 spiro atoms. The number of aromatic hydroxyl groups is 1. The highest BCUT2D eigenvalue weighted by molar-refractivity contribution is 6.33. The fraction of sp³-hybridized carbons (Fsp3) is 0.200. The number of rotatable bonds is 2. The highest BCUT2D eigenvalue weighted by atomic mass is 35.5. The van der Waals surface area contributed by atoms with Gasteiger partial charge >= 0.3 is 0 Å². The zero-order valence-electron chi connectivity index (χ0n) is 8.90. The average Bonchev–Trinajstić information content (AvgIpc) is 2.63. The van der Waals surface area contributed by atoms with Crippen LogP contribution in [0.1, 0.15) is 0 Å². The molecule has 5 nitrogen and oxygen atoms in total. The van der Waals surface area contributed by atoms with E-state index in [4.69, 9.17) is 11.6 Å². The molecule has 0 unspecified atom stereocenters. The molecule has 0 bridgehead atoms. The van der Waals surface area contributed by atoms with Crippen LogP contribution in [0.25, 0.3) is 11.4 Å². The first-order valence-corrected chi connectivity index (χ1v) is 5.07. The van der Waals surface area contributed by atoms with E-state index >= 15 is 0 Å². The van der Waals surface area contributed by atoms with Gasteiger partial charge in [0.1, 0.15) is 5.75 Å². The van der Waals surface area contributed by atoms with Crippen LogP contribution in [-0.4, -0.2) is 26.9 Å². The van der Waals surface area contributed by atoms with E-state index in [0.717, 1.165) is 0 Å². The van der Waals surface area contributed by atoms with Gasteiger partial charge in [0.05, 0.1) is 5.02 Å². The van der Waals surface area contributed by atoms with Crippen LogP contribution in [0.15, 0.2) is 18.2 Å². The monoisotopic (exact) mass is 238 g/mol. The van der Waals surface area contributed by atoms with Crippen molar-refractivity contribution in [1.29, 1.82) is 0 Å². The van der Waals surface area contributed by atoms with Gasteiger partial charge in [-0.3, -0.25) is 4.57 Å². The summed E-state index contributed by atoms with van der Waals surface area (Å²) < 4.78 is 1.76. The molecule has 1 aromatic heterocycles. The van der Waals surface area contributed by atoms with E-state index in [2.05, 4.69) is 15.5 Å². The van der Waals surface area contributed by atoms with E-state index in [1.807, 2.05) is 7.05 Å². The van der Waals surface area contributed by atoms with Crippen LogP contribution in [0.5, 0.6) is 5.75 Å². The molecule has 1 aromatic carbocycles. The second-order valence-electron chi connectivity index (χ2n) is 3.32. The number of nitrogens with one attached hydrogen (secondary N) is 1. The number of phenols is 1. The summed E-state index contributed by atoms with van der Waals surface area (Å²) in [5.41, 5.74) is 0.651. The van der Waals surface area contributed by atoms with E-state index < -0.39 is 0 Å². The zero-order chi connectivity index (χ0) is 11.7. The lowest BCUT2D eigenvalue weighted by molar-refractivity contribution is 0.475. The van der Waals surface area contributed by atoms with Crippen molar-refractivity contribution in [3.8, 4) is 17.1 Å². The smallest absolute Gasteiger partial charge is 0.224 e. The molecule has 2 N–H and O–H groups in total. The molecule has 1 heterocycles. The van der Waals surface area contributed by atoms with Crippen LogP contribution >= 0.6 is 11.6 Å². The molecule has 0 saturated heterocycles. The molecule has 0 aliphatic heterocycles. The van der Waals surface area contributed by atoms with Gasteiger partial charge in [0, 0.05) is 19.7 Å². The summed E-state index contributed by atoms with van der Waals surface area (Å²) in [5.74, 6) is 1.38. The van der Waals surface area contributed by atoms with Crippen molar-refractivity contribution in [2.45, 2.75) is 0 Å². The molecule has 84 valence electrons. The minimum absolute atomic E-state index is 0.147. The Morgan fingerprint density at radius 2 is 2.12 bits per heavy atom. The van der Waals surface area contributed by atoms with Gasteiger partial charge < -0.3 is 10.4 Å². The third kappa shape index (κ3) is 1.69. The maximum atomic E-state index is 9.42. The molecule has 0 amide bonds. The lowest BCUT2D eigenvalue weighted by Crippen LogP contribution is -1.99. The summed E-state index contributed by atoms with van der Waals surface area (Å²) in [7, 11) is 3.58. The third-order valence-electron chi connectivity index (χ3n) is 2.29. The van der Waals surface area contributed by atoms with Gasteiger partial charge in [-0.15, -0.1) is 10.2 Å². The molecular formula is C10H11ClN4O. The van der Waals surface area contributed by atoms with Gasteiger partial charge in [0.25, 0.3) is 0 Å². The first-order valence-electron chi connectivity index (χ1n) is 4.69. The fourth-order valence-corrected chi connectivity index (χ4v) is 1.67. The quantitative estimate of drug-likeness (QED) is 0.839. The van der Waals surface area contributed by atoms with Crippen LogP contribution < -0.4 is 5.32 Å².